The number of piperidine rings is 2. The van der Waals surface area contributed by atoms with Crippen molar-refractivity contribution in [3.8, 4) is 0 Å². The molecule has 3 heterocycles. The number of benzene rings is 2. The predicted molar refractivity (Wildman–Crippen MR) is 151 cm³/mol. The van der Waals surface area contributed by atoms with Gasteiger partial charge in [0.05, 0.1) is 10.5 Å². The number of alkyl halides is 3. The molecule has 1 amide bonds. The first-order valence-corrected chi connectivity index (χ1v) is 15.9. The Kier molecular flexibility index (Phi) is 8.80. The molecular weight excluding hydrogens is 553 g/mol. The predicted octanol–water partition coefficient (Wildman–Crippen LogP) is 4.40. The molecule has 0 spiro atoms. The van der Waals surface area contributed by atoms with Crippen LogP contribution >= 0.6 is 0 Å². The van der Waals surface area contributed by atoms with Crippen LogP contribution < -0.4 is 0 Å². The van der Waals surface area contributed by atoms with Crippen LogP contribution in [0.3, 0.4) is 0 Å². The number of nitrogens with zero attached hydrogens (tertiary/aromatic N) is 4. The maximum atomic E-state index is 13.6. The van der Waals surface area contributed by atoms with Crippen LogP contribution in [0.2, 0.25) is 0 Å². The first-order valence-electron chi connectivity index (χ1n) is 14.5. The highest BCUT2D eigenvalue weighted by Gasteiger charge is 2.44. The normalized spacial score (nSPS) is 23.4. The van der Waals surface area contributed by atoms with E-state index in [1.165, 1.54) is 15.9 Å². The van der Waals surface area contributed by atoms with Crippen LogP contribution in [-0.2, 0) is 26.5 Å². The smallest absolute Gasteiger partial charge is 0.342 e. The third-order valence-electron chi connectivity index (χ3n) is 9.11. The summed E-state index contributed by atoms with van der Waals surface area (Å²) in [5.74, 6) is -0.0961. The van der Waals surface area contributed by atoms with E-state index in [0.29, 0.717) is 32.0 Å². The third kappa shape index (κ3) is 6.33. The van der Waals surface area contributed by atoms with Crippen molar-refractivity contribution in [2.75, 3.05) is 52.9 Å². The third-order valence-corrected chi connectivity index (χ3v) is 11.1. The Morgan fingerprint density at radius 1 is 0.902 bits per heavy atom. The van der Waals surface area contributed by atoms with Crippen LogP contribution in [0.1, 0.15) is 49.7 Å². The molecule has 3 aliphatic rings. The number of carbonyl (C=O) groups is 1. The summed E-state index contributed by atoms with van der Waals surface area (Å²) in [6, 6.07) is 13.8. The van der Waals surface area contributed by atoms with Crippen molar-refractivity contribution in [3.05, 3.63) is 65.7 Å². The molecule has 0 bridgehead atoms. The fourth-order valence-electron chi connectivity index (χ4n) is 6.69. The number of rotatable bonds is 6. The summed E-state index contributed by atoms with van der Waals surface area (Å²) in [5, 5.41) is 0. The SMILES string of the molecule is CN1CCN(C2(c3ccccc3)CCN(C(=O)CC3CCCCN3S(=O)(=O)c3cccc(C(F)(F)F)c3)CC2)CC1. The van der Waals surface area contributed by atoms with Crippen LogP contribution in [0.4, 0.5) is 13.2 Å². The fourth-order valence-corrected chi connectivity index (χ4v) is 8.43. The molecule has 2 aromatic carbocycles. The van der Waals surface area contributed by atoms with Crippen molar-refractivity contribution in [1.82, 2.24) is 19.0 Å². The monoisotopic (exact) mass is 592 g/mol. The lowest BCUT2D eigenvalue weighted by atomic mass is 9.78. The highest BCUT2D eigenvalue weighted by atomic mass is 32.2. The molecule has 41 heavy (non-hydrogen) atoms. The van der Waals surface area contributed by atoms with Gasteiger partial charge >= 0.3 is 6.18 Å². The van der Waals surface area contributed by atoms with Crippen molar-refractivity contribution in [1.29, 1.82) is 0 Å². The van der Waals surface area contributed by atoms with E-state index in [4.69, 9.17) is 0 Å². The number of amides is 1. The van der Waals surface area contributed by atoms with E-state index in [2.05, 4.69) is 41.1 Å². The molecule has 1 atom stereocenters. The van der Waals surface area contributed by atoms with Crippen molar-refractivity contribution in [2.24, 2.45) is 0 Å². The Morgan fingerprint density at radius 2 is 1.59 bits per heavy atom. The maximum absolute atomic E-state index is 13.6. The van der Waals surface area contributed by atoms with Crippen LogP contribution in [0.15, 0.2) is 59.5 Å². The van der Waals surface area contributed by atoms with Crippen molar-refractivity contribution in [3.63, 3.8) is 0 Å². The number of likely N-dealkylation sites (N-methyl/N-ethyl adjacent to an activating group) is 1. The van der Waals surface area contributed by atoms with E-state index in [0.717, 1.165) is 57.6 Å². The lowest BCUT2D eigenvalue weighted by Gasteiger charge is -2.51. The highest BCUT2D eigenvalue weighted by molar-refractivity contribution is 7.89. The van der Waals surface area contributed by atoms with Gasteiger partial charge in [0.15, 0.2) is 0 Å². The zero-order valence-electron chi connectivity index (χ0n) is 23.5. The summed E-state index contributed by atoms with van der Waals surface area (Å²) in [7, 11) is -2.06. The Labute approximate surface area is 240 Å². The molecule has 11 heteroatoms. The van der Waals surface area contributed by atoms with Crippen LogP contribution in [0, 0.1) is 0 Å². The first-order chi connectivity index (χ1) is 19.5. The lowest BCUT2D eigenvalue weighted by molar-refractivity contribution is -0.138. The number of likely N-dealkylation sites (tertiary alicyclic amines) is 1. The molecular formula is C30H39F3N4O3S. The summed E-state index contributed by atoms with van der Waals surface area (Å²) in [5.41, 5.74) is 0.115. The molecule has 7 nitrogen and oxygen atoms in total. The lowest BCUT2D eigenvalue weighted by Crippen LogP contribution is -2.59. The number of carbonyl (C=O) groups excluding carboxylic acids is 1. The summed E-state index contributed by atoms with van der Waals surface area (Å²) in [6.07, 6.45) is -1.13. The van der Waals surface area contributed by atoms with Gasteiger partial charge in [0.25, 0.3) is 0 Å². The fraction of sp³-hybridized carbons (Fsp3) is 0.567. The summed E-state index contributed by atoms with van der Waals surface area (Å²) < 4.78 is 68.1. The largest absolute Gasteiger partial charge is 0.416 e. The van der Waals surface area contributed by atoms with Gasteiger partial charge in [-0.1, -0.05) is 42.8 Å². The van der Waals surface area contributed by atoms with E-state index in [1.54, 1.807) is 0 Å². The molecule has 5 rings (SSSR count). The summed E-state index contributed by atoms with van der Waals surface area (Å²) in [6.45, 7) is 5.26. The average Bonchev–Trinajstić information content (AvgIpc) is 2.98. The van der Waals surface area contributed by atoms with E-state index < -0.39 is 27.8 Å². The molecule has 2 aromatic rings. The van der Waals surface area contributed by atoms with Gasteiger partial charge in [-0.25, -0.2) is 8.42 Å². The van der Waals surface area contributed by atoms with Crippen molar-refractivity contribution < 1.29 is 26.4 Å². The Balaban J connectivity index is 1.29. The van der Waals surface area contributed by atoms with Gasteiger partial charge < -0.3 is 9.80 Å². The molecule has 3 aliphatic heterocycles. The van der Waals surface area contributed by atoms with Gasteiger partial charge in [0.1, 0.15) is 0 Å². The van der Waals surface area contributed by atoms with Gasteiger partial charge in [0.2, 0.25) is 15.9 Å². The van der Waals surface area contributed by atoms with Crippen LogP contribution in [-0.4, -0.2) is 92.2 Å². The standard InChI is InChI=1S/C30H39F3N4O3S/c1-34-18-20-36(21-19-34)29(24-8-3-2-4-9-24)13-16-35(17-14-29)28(38)23-26-11-5-6-15-37(26)41(39,40)27-12-7-10-25(22-27)30(31,32)33/h2-4,7-10,12,22,26H,5-6,11,13-21,23H2,1H3. The minimum absolute atomic E-state index is 0.0328. The first kappa shape index (κ1) is 30.0. The van der Waals surface area contributed by atoms with E-state index in [1.807, 2.05) is 11.0 Å². The molecule has 224 valence electrons. The Hall–Kier alpha value is -2.47. The topological polar surface area (TPSA) is 64.2 Å². The summed E-state index contributed by atoms with van der Waals surface area (Å²) in [4.78, 5) is 19.9. The average molecular weight is 593 g/mol. The summed E-state index contributed by atoms with van der Waals surface area (Å²) >= 11 is 0. The molecule has 0 saturated carbocycles. The highest BCUT2D eigenvalue weighted by Crippen LogP contribution is 2.40. The molecule has 1 unspecified atom stereocenters. The van der Waals surface area contributed by atoms with Gasteiger partial charge in [-0.05, 0) is 56.5 Å². The quantitative estimate of drug-likeness (QED) is 0.498. The van der Waals surface area contributed by atoms with E-state index in [9.17, 15) is 26.4 Å². The second-order valence-electron chi connectivity index (χ2n) is 11.6. The zero-order valence-corrected chi connectivity index (χ0v) is 24.3. The number of sulfonamides is 1. The van der Waals surface area contributed by atoms with Gasteiger partial charge in [-0.2, -0.15) is 17.5 Å². The second kappa shape index (κ2) is 12.0. The number of halogens is 3. The minimum atomic E-state index is -4.64. The molecule has 3 fully saturated rings. The van der Waals surface area contributed by atoms with Gasteiger partial charge in [-0.3, -0.25) is 9.69 Å². The molecule has 0 aromatic heterocycles. The van der Waals surface area contributed by atoms with E-state index in [-0.39, 0.29) is 29.3 Å². The molecule has 0 aliphatic carbocycles. The molecule has 0 radical (unpaired) electrons. The van der Waals surface area contributed by atoms with E-state index >= 15 is 0 Å². The van der Waals surface area contributed by atoms with Crippen LogP contribution in [0.5, 0.6) is 0 Å². The van der Waals surface area contributed by atoms with Crippen LogP contribution in [0.25, 0.3) is 0 Å². The number of hydrogen-bond donors (Lipinski definition) is 0. The zero-order chi connectivity index (χ0) is 29.3. The van der Waals surface area contributed by atoms with Crippen molar-refractivity contribution in [2.45, 2.75) is 61.2 Å². The number of hydrogen-bond acceptors (Lipinski definition) is 5. The van der Waals surface area contributed by atoms with Gasteiger partial charge in [-0.15, -0.1) is 0 Å². The second-order valence-corrected chi connectivity index (χ2v) is 13.5. The Bertz CT molecular complexity index is 1310. The maximum Gasteiger partial charge on any atom is 0.416 e. The minimum Gasteiger partial charge on any atom is -0.342 e. The molecule has 0 N–H and O–H groups in total. The number of piperazine rings is 1. The van der Waals surface area contributed by atoms with Gasteiger partial charge in [0, 0.05) is 63.8 Å². The molecule has 3 saturated heterocycles. The van der Waals surface area contributed by atoms with Crippen molar-refractivity contribution >= 4 is 15.9 Å². The Morgan fingerprint density at radius 3 is 2.24 bits per heavy atom.